The lowest BCUT2D eigenvalue weighted by molar-refractivity contribution is 0.104. The third-order valence-corrected chi connectivity index (χ3v) is 5.25. The SMILES string of the molecule is C=C(CO)OCCOC1=C/C=C\C=C\C=C/C(c2cccc(OCCOC)c2)=C(CCCC=C(F)F)\C=C\1. The Bertz CT molecular complexity index is 1090. The number of ether oxygens (including phenoxy) is 4. The average molecular weight is 527 g/mol. The second kappa shape index (κ2) is 18.5. The maximum atomic E-state index is 12.6. The van der Waals surface area contributed by atoms with Crippen molar-refractivity contribution in [1.82, 2.24) is 0 Å². The van der Waals surface area contributed by atoms with Gasteiger partial charge in [-0.3, -0.25) is 0 Å². The van der Waals surface area contributed by atoms with Gasteiger partial charge in [0.15, 0.2) is 0 Å². The first-order valence-corrected chi connectivity index (χ1v) is 12.4. The van der Waals surface area contributed by atoms with Gasteiger partial charge < -0.3 is 24.1 Å². The van der Waals surface area contributed by atoms with E-state index >= 15 is 0 Å². The molecule has 0 aliphatic heterocycles. The van der Waals surface area contributed by atoms with Gasteiger partial charge in [-0.2, -0.15) is 8.78 Å². The molecule has 7 heteroatoms. The fraction of sp³-hybridized carbons (Fsp3) is 0.290. The highest BCUT2D eigenvalue weighted by Gasteiger charge is 2.08. The Morgan fingerprint density at radius 3 is 2.53 bits per heavy atom. The number of allylic oxidation sites excluding steroid dienone is 12. The van der Waals surface area contributed by atoms with Gasteiger partial charge in [0.1, 0.15) is 37.1 Å². The lowest BCUT2D eigenvalue weighted by atomic mass is 9.94. The Hall–Kier alpha value is -3.68. The lowest BCUT2D eigenvalue weighted by Crippen LogP contribution is -2.05. The summed E-state index contributed by atoms with van der Waals surface area (Å²) < 4.78 is 47.3. The summed E-state index contributed by atoms with van der Waals surface area (Å²) in [4.78, 5) is 0. The van der Waals surface area contributed by atoms with Crippen LogP contribution in [-0.4, -0.2) is 45.3 Å². The standard InChI is InChI=1S/C31H36F2O5/c1-25(24-34)36-21-22-37-28-13-6-4-3-5-7-15-30(26(17-18-28)11-8-9-16-31(32)33)27-12-10-14-29(23-27)38-20-19-35-2/h3-7,10,12-18,23,34H,1,8-9,11,19-22,24H2,2H3/b4-3?,5-3+,6-4-,7-5?,13-6?,15-7-,18-17+,26-17?,28-13+,28-18?,30-15?,30-26+. The van der Waals surface area contributed by atoms with Crippen molar-refractivity contribution < 1.29 is 32.8 Å². The van der Waals surface area contributed by atoms with E-state index in [0.29, 0.717) is 37.6 Å². The van der Waals surface area contributed by atoms with E-state index in [-0.39, 0.29) is 32.0 Å². The molecule has 0 fully saturated rings. The first kappa shape index (κ1) is 30.5. The third-order valence-electron chi connectivity index (χ3n) is 5.25. The summed E-state index contributed by atoms with van der Waals surface area (Å²) in [6, 6.07) is 7.75. The Kier molecular flexibility index (Phi) is 14.9. The Morgan fingerprint density at radius 2 is 1.74 bits per heavy atom. The number of rotatable bonds is 15. The van der Waals surface area contributed by atoms with Gasteiger partial charge in [0.05, 0.1) is 13.2 Å². The highest BCUT2D eigenvalue weighted by atomic mass is 19.3. The highest BCUT2D eigenvalue weighted by Crippen LogP contribution is 2.28. The molecule has 0 amide bonds. The van der Waals surface area contributed by atoms with E-state index in [9.17, 15) is 8.78 Å². The zero-order valence-electron chi connectivity index (χ0n) is 21.8. The van der Waals surface area contributed by atoms with Crippen molar-refractivity contribution in [3.8, 4) is 5.75 Å². The highest BCUT2D eigenvalue weighted by molar-refractivity contribution is 5.79. The molecule has 0 saturated carbocycles. The minimum absolute atomic E-state index is 0.238. The number of unbranched alkanes of at least 4 members (excludes halogenated alkanes) is 1. The Morgan fingerprint density at radius 1 is 0.947 bits per heavy atom. The molecule has 2 rings (SSSR count). The van der Waals surface area contributed by atoms with Crippen LogP contribution in [-0.2, 0) is 14.2 Å². The Labute approximate surface area is 224 Å². The summed E-state index contributed by atoms with van der Waals surface area (Å²) in [6.07, 6.45) is 17.8. The van der Waals surface area contributed by atoms with Crippen molar-refractivity contribution in [1.29, 1.82) is 0 Å². The number of halogens is 2. The van der Waals surface area contributed by atoms with Gasteiger partial charge in [-0.1, -0.05) is 61.2 Å². The molecule has 0 aromatic heterocycles. The average Bonchev–Trinajstić information content (AvgIpc) is 2.91. The zero-order chi connectivity index (χ0) is 27.4. The van der Waals surface area contributed by atoms with Gasteiger partial charge in [-0.25, -0.2) is 0 Å². The molecule has 5 nitrogen and oxygen atoms in total. The van der Waals surface area contributed by atoms with Crippen LogP contribution in [0.1, 0.15) is 24.8 Å². The van der Waals surface area contributed by atoms with E-state index in [4.69, 9.17) is 24.1 Å². The summed E-state index contributed by atoms with van der Waals surface area (Å²) in [5.41, 5.74) is 2.84. The molecule has 1 aromatic rings. The summed E-state index contributed by atoms with van der Waals surface area (Å²) in [5.74, 6) is 1.58. The zero-order valence-corrected chi connectivity index (χ0v) is 21.8. The van der Waals surface area contributed by atoms with Crippen molar-refractivity contribution in [3.63, 3.8) is 0 Å². The van der Waals surface area contributed by atoms with Crippen molar-refractivity contribution in [3.05, 3.63) is 120 Å². The van der Waals surface area contributed by atoms with Crippen molar-refractivity contribution in [2.24, 2.45) is 0 Å². The molecular formula is C31H36F2O5. The molecule has 0 radical (unpaired) electrons. The molecule has 0 saturated heterocycles. The number of hydrogen-bond donors (Lipinski definition) is 1. The van der Waals surface area contributed by atoms with E-state index in [1.807, 2.05) is 78.9 Å². The smallest absolute Gasteiger partial charge is 0.266 e. The number of aliphatic hydroxyl groups is 1. The lowest BCUT2D eigenvalue weighted by Gasteiger charge is -2.13. The van der Waals surface area contributed by atoms with Crippen LogP contribution in [0.25, 0.3) is 5.57 Å². The van der Waals surface area contributed by atoms with E-state index in [2.05, 4.69) is 6.58 Å². The fourth-order valence-corrected chi connectivity index (χ4v) is 3.42. The molecule has 0 atom stereocenters. The fourth-order valence-electron chi connectivity index (χ4n) is 3.42. The summed E-state index contributed by atoms with van der Waals surface area (Å²) >= 11 is 0. The molecule has 0 unspecified atom stereocenters. The molecule has 1 N–H and O–H groups in total. The normalized spacial score (nSPS) is 20.1. The first-order chi connectivity index (χ1) is 18.5. The van der Waals surface area contributed by atoms with Gasteiger partial charge in [-0.05, 0) is 66.3 Å². The Balaban J connectivity index is 2.40. The van der Waals surface area contributed by atoms with Crippen LogP contribution in [0.15, 0.2) is 115 Å². The van der Waals surface area contributed by atoms with Crippen LogP contribution in [0.4, 0.5) is 8.78 Å². The van der Waals surface area contributed by atoms with Crippen molar-refractivity contribution in [2.75, 3.05) is 40.1 Å². The molecular weight excluding hydrogens is 490 g/mol. The predicted molar refractivity (Wildman–Crippen MR) is 148 cm³/mol. The van der Waals surface area contributed by atoms with E-state index in [1.165, 1.54) is 0 Å². The van der Waals surface area contributed by atoms with Crippen LogP contribution in [0.3, 0.4) is 0 Å². The van der Waals surface area contributed by atoms with Gasteiger partial charge in [0.25, 0.3) is 6.08 Å². The minimum Gasteiger partial charge on any atom is -0.493 e. The molecule has 0 heterocycles. The van der Waals surface area contributed by atoms with E-state index in [1.54, 1.807) is 7.11 Å². The summed E-state index contributed by atoms with van der Waals surface area (Å²) in [5, 5.41) is 9.02. The third kappa shape index (κ3) is 12.5. The first-order valence-electron chi connectivity index (χ1n) is 12.4. The van der Waals surface area contributed by atoms with Crippen molar-refractivity contribution >= 4 is 5.57 Å². The molecule has 0 bridgehead atoms. The quantitative estimate of drug-likeness (QED) is 0.196. The summed E-state index contributed by atoms with van der Waals surface area (Å²) in [6.45, 7) is 4.75. The van der Waals surface area contributed by atoms with Crippen molar-refractivity contribution in [2.45, 2.75) is 19.3 Å². The summed E-state index contributed by atoms with van der Waals surface area (Å²) in [7, 11) is 1.62. The van der Waals surface area contributed by atoms with Crippen LogP contribution in [0.2, 0.25) is 0 Å². The maximum absolute atomic E-state index is 12.6. The van der Waals surface area contributed by atoms with E-state index in [0.717, 1.165) is 22.8 Å². The second-order valence-corrected chi connectivity index (χ2v) is 8.12. The number of methoxy groups -OCH3 is 1. The number of aliphatic hydroxyl groups excluding tert-OH is 1. The number of hydrogen-bond acceptors (Lipinski definition) is 5. The van der Waals surface area contributed by atoms with Gasteiger partial charge in [0.2, 0.25) is 0 Å². The molecule has 1 aliphatic rings. The van der Waals surface area contributed by atoms with Crippen LogP contribution >= 0.6 is 0 Å². The molecule has 1 aliphatic carbocycles. The van der Waals surface area contributed by atoms with Gasteiger partial charge in [-0.15, -0.1) is 0 Å². The molecule has 0 spiro atoms. The number of benzene rings is 1. The second-order valence-electron chi connectivity index (χ2n) is 8.12. The van der Waals surface area contributed by atoms with Crippen LogP contribution < -0.4 is 4.74 Å². The maximum Gasteiger partial charge on any atom is 0.266 e. The molecule has 38 heavy (non-hydrogen) atoms. The largest absolute Gasteiger partial charge is 0.493 e. The monoisotopic (exact) mass is 526 g/mol. The van der Waals surface area contributed by atoms with Gasteiger partial charge in [0, 0.05) is 7.11 Å². The van der Waals surface area contributed by atoms with E-state index < -0.39 is 6.08 Å². The topological polar surface area (TPSA) is 57.2 Å². The molecule has 1 aromatic carbocycles. The predicted octanol–water partition coefficient (Wildman–Crippen LogP) is 7.08. The van der Waals surface area contributed by atoms with Crippen LogP contribution in [0.5, 0.6) is 5.75 Å². The van der Waals surface area contributed by atoms with Gasteiger partial charge >= 0.3 is 0 Å². The minimum atomic E-state index is -1.67. The molecule has 204 valence electrons. The van der Waals surface area contributed by atoms with Crippen LogP contribution in [0, 0.1) is 0 Å².